The zero-order chi connectivity index (χ0) is 23.2. The van der Waals surface area contributed by atoms with E-state index in [4.69, 9.17) is 4.74 Å². The Morgan fingerprint density at radius 3 is 2.06 bits per heavy atom. The number of hydrogen-bond acceptors (Lipinski definition) is 4. The van der Waals surface area contributed by atoms with Crippen LogP contribution in [0.3, 0.4) is 0 Å². The SMILES string of the molecule is CCC(NC)C(O)COc1ccc(C(=C(c2ccccc2)C2CC2)c2ccc(O)cc2)cc1. The van der Waals surface area contributed by atoms with Crippen molar-refractivity contribution >= 4 is 11.1 Å². The van der Waals surface area contributed by atoms with Crippen LogP contribution >= 0.6 is 0 Å². The molecule has 0 radical (unpaired) electrons. The van der Waals surface area contributed by atoms with Crippen LogP contribution in [0.15, 0.2) is 78.9 Å². The summed E-state index contributed by atoms with van der Waals surface area (Å²) in [5, 5.41) is 23.3. The molecule has 4 heteroatoms. The number of hydrogen-bond donors (Lipinski definition) is 3. The lowest BCUT2D eigenvalue weighted by molar-refractivity contribution is 0.0743. The van der Waals surface area contributed by atoms with E-state index in [-0.39, 0.29) is 18.4 Å². The van der Waals surface area contributed by atoms with E-state index in [1.54, 1.807) is 12.1 Å². The third kappa shape index (κ3) is 5.65. The Balaban J connectivity index is 1.68. The minimum absolute atomic E-state index is 0.0141. The monoisotopic (exact) mass is 443 g/mol. The highest BCUT2D eigenvalue weighted by atomic mass is 16.5. The molecule has 33 heavy (non-hydrogen) atoms. The van der Waals surface area contributed by atoms with Gasteiger partial charge in [-0.1, -0.05) is 61.5 Å². The van der Waals surface area contributed by atoms with E-state index < -0.39 is 6.10 Å². The topological polar surface area (TPSA) is 61.7 Å². The second-order valence-electron chi connectivity index (χ2n) is 8.68. The lowest BCUT2D eigenvalue weighted by Crippen LogP contribution is -2.40. The summed E-state index contributed by atoms with van der Waals surface area (Å²) in [4.78, 5) is 0. The highest BCUT2D eigenvalue weighted by molar-refractivity contribution is 6.00. The number of phenols is 1. The van der Waals surface area contributed by atoms with Crippen LogP contribution in [-0.4, -0.2) is 36.0 Å². The van der Waals surface area contributed by atoms with Gasteiger partial charge in [-0.05, 0) is 84.3 Å². The van der Waals surface area contributed by atoms with Crippen molar-refractivity contribution in [1.29, 1.82) is 0 Å². The van der Waals surface area contributed by atoms with Gasteiger partial charge in [-0.3, -0.25) is 0 Å². The molecule has 0 bridgehead atoms. The van der Waals surface area contributed by atoms with Crippen molar-refractivity contribution in [3.05, 3.63) is 95.6 Å². The van der Waals surface area contributed by atoms with Gasteiger partial charge >= 0.3 is 0 Å². The molecule has 3 aromatic carbocycles. The molecule has 0 aliphatic heterocycles. The van der Waals surface area contributed by atoms with Gasteiger partial charge in [-0.25, -0.2) is 0 Å². The molecule has 4 rings (SSSR count). The number of benzene rings is 3. The van der Waals surface area contributed by atoms with Crippen molar-refractivity contribution in [2.75, 3.05) is 13.7 Å². The highest BCUT2D eigenvalue weighted by Gasteiger charge is 2.30. The quantitative estimate of drug-likeness (QED) is 0.362. The Hall–Kier alpha value is -3.08. The first-order chi connectivity index (χ1) is 16.1. The van der Waals surface area contributed by atoms with Crippen molar-refractivity contribution in [1.82, 2.24) is 5.32 Å². The molecule has 1 saturated carbocycles. The Morgan fingerprint density at radius 1 is 0.909 bits per heavy atom. The molecule has 3 aromatic rings. The molecule has 0 spiro atoms. The molecule has 4 nitrogen and oxygen atoms in total. The first kappa shape index (κ1) is 23.1. The van der Waals surface area contributed by atoms with Crippen molar-refractivity contribution in [2.24, 2.45) is 5.92 Å². The van der Waals surface area contributed by atoms with E-state index in [9.17, 15) is 10.2 Å². The number of nitrogens with one attached hydrogen (secondary N) is 1. The van der Waals surface area contributed by atoms with Gasteiger partial charge < -0.3 is 20.3 Å². The summed E-state index contributed by atoms with van der Waals surface area (Å²) in [7, 11) is 1.85. The van der Waals surface area contributed by atoms with Crippen LogP contribution in [0.25, 0.3) is 11.1 Å². The number of allylic oxidation sites excluding steroid dienone is 1. The fourth-order valence-corrected chi connectivity index (χ4v) is 4.36. The number of aliphatic hydroxyl groups is 1. The molecular formula is C29H33NO3. The predicted octanol–water partition coefficient (Wildman–Crippen LogP) is 5.50. The summed E-state index contributed by atoms with van der Waals surface area (Å²) in [5.74, 6) is 1.54. The number of aliphatic hydroxyl groups excluding tert-OH is 1. The van der Waals surface area contributed by atoms with Crippen LogP contribution in [0.1, 0.15) is 42.9 Å². The third-order valence-corrected chi connectivity index (χ3v) is 6.33. The molecule has 0 amide bonds. The largest absolute Gasteiger partial charge is 0.508 e. The van der Waals surface area contributed by atoms with Crippen LogP contribution in [0.5, 0.6) is 11.5 Å². The molecule has 2 unspecified atom stereocenters. The average molecular weight is 444 g/mol. The fraction of sp³-hybridized carbons (Fsp3) is 0.310. The van der Waals surface area contributed by atoms with Crippen molar-refractivity contribution in [3.63, 3.8) is 0 Å². The van der Waals surface area contributed by atoms with Crippen molar-refractivity contribution in [2.45, 2.75) is 38.3 Å². The second-order valence-corrected chi connectivity index (χ2v) is 8.68. The van der Waals surface area contributed by atoms with E-state index in [1.165, 1.54) is 29.6 Å². The van der Waals surface area contributed by atoms with Crippen molar-refractivity contribution in [3.8, 4) is 11.5 Å². The summed E-state index contributed by atoms with van der Waals surface area (Å²) in [6.45, 7) is 2.29. The minimum Gasteiger partial charge on any atom is -0.508 e. The summed E-state index contributed by atoms with van der Waals surface area (Å²) in [6.07, 6.45) is 2.65. The van der Waals surface area contributed by atoms with Crippen LogP contribution in [-0.2, 0) is 0 Å². The number of phenolic OH excluding ortho intramolecular Hbond substituents is 1. The lowest BCUT2D eigenvalue weighted by Gasteiger charge is -2.21. The zero-order valence-electron chi connectivity index (χ0n) is 19.4. The van der Waals surface area contributed by atoms with Gasteiger partial charge in [0.1, 0.15) is 24.2 Å². The molecule has 0 saturated heterocycles. The van der Waals surface area contributed by atoms with Gasteiger partial charge in [0, 0.05) is 6.04 Å². The molecule has 1 aliphatic rings. The Bertz CT molecular complexity index is 1050. The standard InChI is InChI=1S/C29H33NO3/c1-3-26(30-2)27(32)19-33-25-17-13-23(14-18-25)29(22-11-15-24(31)16-12-22)28(21-9-10-21)20-7-5-4-6-8-20/h4-8,11-18,21,26-27,30-32H,3,9-10,19H2,1-2H3. The Kier molecular flexibility index (Phi) is 7.48. The third-order valence-electron chi connectivity index (χ3n) is 6.33. The van der Waals surface area contributed by atoms with E-state index >= 15 is 0 Å². The highest BCUT2D eigenvalue weighted by Crippen LogP contribution is 2.47. The number of likely N-dealkylation sites (N-methyl/N-ethyl adjacent to an activating group) is 1. The smallest absolute Gasteiger partial charge is 0.119 e. The summed E-state index contributed by atoms with van der Waals surface area (Å²) in [6, 6.07) is 26.2. The molecule has 1 aliphatic carbocycles. The van der Waals surface area contributed by atoms with Gasteiger partial charge in [0.2, 0.25) is 0 Å². The molecule has 0 heterocycles. The maximum absolute atomic E-state index is 10.3. The normalized spacial score (nSPS) is 16.1. The predicted molar refractivity (Wildman–Crippen MR) is 134 cm³/mol. The molecule has 172 valence electrons. The van der Waals surface area contributed by atoms with E-state index in [1.807, 2.05) is 44.3 Å². The number of aromatic hydroxyl groups is 1. The summed E-state index contributed by atoms with van der Waals surface area (Å²) < 4.78 is 5.87. The zero-order valence-corrected chi connectivity index (χ0v) is 19.4. The molecule has 2 atom stereocenters. The maximum atomic E-state index is 10.3. The second kappa shape index (κ2) is 10.7. The first-order valence-electron chi connectivity index (χ1n) is 11.8. The number of ether oxygens (including phenoxy) is 1. The van der Waals surface area contributed by atoms with Gasteiger partial charge in [-0.15, -0.1) is 0 Å². The van der Waals surface area contributed by atoms with Crippen LogP contribution in [0.4, 0.5) is 0 Å². The van der Waals surface area contributed by atoms with Gasteiger partial charge in [0.25, 0.3) is 0 Å². The summed E-state index contributed by atoms with van der Waals surface area (Å²) >= 11 is 0. The fourth-order valence-electron chi connectivity index (χ4n) is 4.36. The minimum atomic E-state index is -0.563. The maximum Gasteiger partial charge on any atom is 0.119 e. The Morgan fingerprint density at radius 2 is 1.52 bits per heavy atom. The number of rotatable bonds is 10. The Labute approximate surface area is 196 Å². The van der Waals surface area contributed by atoms with Crippen LogP contribution in [0, 0.1) is 5.92 Å². The van der Waals surface area contributed by atoms with Crippen LogP contribution in [0.2, 0.25) is 0 Å². The summed E-state index contributed by atoms with van der Waals surface area (Å²) in [5.41, 5.74) is 5.98. The molecule has 3 N–H and O–H groups in total. The lowest BCUT2D eigenvalue weighted by atomic mass is 9.87. The van der Waals surface area contributed by atoms with Crippen LogP contribution < -0.4 is 10.1 Å². The van der Waals surface area contributed by atoms with E-state index in [2.05, 4.69) is 41.7 Å². The van der Waals surface area contributed by atoms with E-state index in [0.717, 1.165) is 23.3 Å². The average Bonchev–Trinajstić information content (AvgIpc) is 3.69. The molecular weight excluding hydrogens is 410 g/mol. The van der Waals surface area contributed by atoms with Gasteiger partial charge in [0.05, 0.1) is 0 Å². The van der Waals surface area contributed by atoms with Crippen molar-refractivity contribution < 1.29 is 14.9 Å². The molecule has 0 aromatic heterocycles. The van der Waals surface area contributed by atoms with Gasteiger partial charge in [0.15, 0.2) is 0 Å². The first-order valence-corrected chi connectivity index (χ1v) is 11.8. The van der Waals surface area contributed by atoms with Gasteiger partial charge in [-0.2, -0.15) is 0 Å². The van der Waals surface area contributed by atoms with E-state index in [0.29, 0.717) is 5.92 Å². The molecule has 1 fully saturated rings.